The van der Waals surface area contributed by atoms with Crippen molar-refractivity contribution >= 4 is 11.7 Å². The minimum atomic E-state index is -4.67. The van der Waals surface area contributed by atoms with Gasteiger partial charge in [-0.25, -0.2) is 4.79 Å². The second-order valence-corrected chi connectivity index (χ2v) is 4.31. The van der Waals surface area contributed by atoms with Crippen molar-refractivity contribution in [3.8, 4) is 0 Å². The topological polar surface area (TPSA) is 40.5 Å². The molecule has 0 unspecified atom stereocenters. The number of unbranched alkanes of at least 4 members (excludes halogenated alkanes) is 1. The summed E-state index contributed by atoms with van der Waals surface area (Å²) in [5, 5.41) is 8.79. The van der Waals surface area contributed by atoms with E-state index in [1.807, 2.05) is 6.92 Å². The van der Waals surface area contributed by atoms with Gasteiger partial charge in [-0.3, -0.25) is 0 Å². The van der Waals surface area contributed by atoms with Crippen LogP contribution >= 0.6 is 0 Å². The van der Waals surface area contributed by atoms with Crippen molar-refractivity contribution in [1.29, 1.82) is 0 Å². The summed E-state index contributed by atoms with van der Waals surface area (Å²) in [6, 6.07) is 3.29. The molecular formula is C13H16F3NO2. The molecule has 0 aliphatic carbocycles. The molecule has 0 spiro atoms. The number of hydrogen-bond acceptors (Lipinski definition) is 2. The maximum atomic E-state index is 12.8. The monoisotopic (exact) mass is 275 g/mol. The van der Waals surface area contributed by atoms with Gasteiger partial charge in [0.2, 0.25) is 0 Å². The van der Waals surface area contributed by atoms with Crippen molar-refractivity contribution < 1.29 is 23.1 Å². The number of alkyl halides is 3. The number of hydrogen-bond donors (Lipinski definition) is 1. The molecular weight excluding hydrogens is 259 g/mol. The third-order valence-corrected chi connectivity index (χ3v) is 2.83. The standard InChI is InChI=1S/C13H16F3NO2/c1-3-4-7-17(2)9-5-6-10(12(18)19)11(8-9)13(14,15)16/h5-6,8H,3-4,7H2,1-2H3,(H,18,19). The van der Waals surface area contributed by atoms with Crippen molar-refractivity contribution in [3.63, 3.8) is 0 Å². The number of carboxylic acid groups (broad SMARTS) is 1. The fourth-order valence-electron chi connectivity index (χ4n) is 1.72. The summed E-state index contributed by atoms with van der Waals surface area (Å²) in [6.07, 6.45) is -2.88. The molecule has 19 heavy (non-hydrogen) atoms. The molecule has 0 aliphatic heterocycles. The Labute approximate surface area is 109 Å². The molecule has 1 aromatic carbocycles. The van der Waals surface area contributed by atoms with Crippen LogP contribution < -0.4 is 4.90 Å². The van der Waals surface area contributed by atoms with E-state index in [0.717, 1.165) is 25.0 Å². The summed E-state index contributed by atoms with van der Waals surface area (Å²) >= 11 is 0. The van der Waals surface area contributed by atoms with Crippen LogP contribution in [-0.4, -0.2) is 24.7 Å². The Hall–Kier alpha value is -1.72. The first-order chi connectivity index (χ1) is 8.77. The molecule has 0 radical (unpaired) electrons. The normalized spacial score (nSPS) is 11.4. The van der Waals surface area contributed by atoms with E-state index in [2.05, 4.69) is 0 Å². The van der Waals surface area contributed by atoms with Crippen LogP contribution in [0.3, 0.4) is 0 Å². The van der Waals surface area contributed by atoms with Gasteiger partial charge in [0.15, 0.2) is 0 Å². The van der Waals surface area contributed by atoms with Gasteiger partial charge in [-0.1, -0.05) is 13.3 Å². The van der Waals surface area contributed by atoms with E-state index in [1.165, 1.54) is 6.07 Å². The number of aromatic carboxylic acids is 1. The average Bonchev–Trinajstić information content (AvgIpc) is 2.34. The first kappa shape index (κ1) is 15.3. The summed E-state index contributed by atoms with van der Waals surface area (Å²) in [5.41, 5.74) is -1.47. The lowest BCUT2D eigenvalue weighted by Crippen LogP contribution is -2.20. The van der Waals surface area contributed by atoms with Crippen LogP contribution in [-0.2, 0) is 6.18 Å². The molecule has 1 N–H and O–H groups in total. The lowest BCUT2D eigenvalue weighted by molar-refractivity contribution is -0.138. The van der Waals surface area contributed by atoms with Crippen LogP contribution in [0.1, 0.15) is 35.7 Å². The molecule has 0 saturated carbocycles. The van der Waals surface area contributed by atoms with Crippen LogP contribution in [0.15, 0.2) is 18.2 Å². The number of anilines is 1. The Kier molecular flexibility index (Phi) is 4.80. The summed E-state index contributed by atoms with van der Waals surface area (Å²) in [6.45, 7) is 2.61. The van der Waals surface area contributed by atoms with Gasteiger partial charge in [0.05, 0.1) is 11.1 Å². The van der Waals surface area contributed by atoms with Gasteiger partial charge in [0, 0.05) is 19.3 Å². The lowest BCUT2D eigenvalue weighted by Gasteiger charge is -2.21. The van der Waals surface area contributed by atoms with Crippen LogP contribution in [0.25, 0.3) is 0 Å². The number of benzene rings is 1. The van der Waals surface area contributed by atoms with Crippen LogP contribution in [0.4, 0.5) is 18.9 Å². The average molecular weight is 275 g/mol. The molecule has 0 heterocycles. The van der Waals surface area contributed by atoms with Gasteiger partial charge in [0.1, 0.15) is 0 Å². The van der Waals surface area contributed by atoms with Gasteiger partial charge in [-0.05, 0) is 24.6 Å². The third-order valence-electron chi connectivity index (χ3n) is 2.83. The highest BCUT2D eigenvalue weighted by Gasteiger charge is 2.35. The van der Waals surface area contributed by atoms with E-state index in [4.69, 9.17) is 5.11 Å². The van der Waals surface area contributed by atoms with Gasteiger partial charge in [-0.2, -0.15) is 13.2 Å². The summed E-state index contributed by atoms with van der Waals surface area (Å²) in [7, 11) is 1.69. The van der Waals surface area contributed by atoms with Crippen molar-refractivity contribution in [2.45, 2.75) is 25.9 Å². The number of carboxylic acids is 1. The van der Waals surface area contributed by atoms with Crippen molar-refractivity contribution in [2.24, 2.45) is 0 Å². The highest BCUT2D eigenvalue weighted by atomic mass is 19.4. The van der Waals surface area contributed by atoms with E-state index in [9.17, 15) is 18.0 Å². The zero-order chi connectivity index (χ0) is 14.6. The molecule has 0 aromatic heterocycles. The maximum absolute atomic E-state index is 12.8. The van der Waals surface area contributed by atoms with Gasteiger partial charge < -0.3 is 10.0 Å². The third kappa shape index (κ3) is 3.87. The predicted molar refractivity (Wildman–Crippen MR) is 66.6 cm³/mol. The van der Waals surface area contributed by atoms with Gasteiger partial charge in [-0.15, -0.1) is 0 Å². The highest BCUT2D eigenvalue weighted by molar-refractivity contribution is 5.90. The van der Waals surface area contributed by atoms with Gasteiger partial charge in [0.25, 0.3) is 0 Å². The van der Waals surface area contributed by atoms with Crippen LogP contribution in [0, 0.1) is 0 Å². The zero-order valence-electron chi connectivity index (χ0n) is 10.8. The minimum absolute atomic E-state index is 0.366. The highest BCUT2D eigenvalue weighted by Crippen LogP contribution is 2.34. The van der Waals surface area contributed by atoms with Crippen molar-refractivity contribution in [2.75, 3.05) is 18.5 Å². The molecule has 0 bridgehead atoms. The van der Waals surface area contributed by atoms with Crippen molar-refractivity contribution in [3.05, 3.63) is 29.3 Å². The Bertz CT molecular complexity index is 458. The number of carbonyl (C=O) groups is 1. The molecule has 0 atom stereocenters. The van der Waals surface area contributed by atoms with E-state index >= 15 is 0 Å². The SMILES string of the molecule is CCCCN(C)c1ccc(C(=O)O)c(C(F)(F)F)c1. The van der Waals surface area contributed by atoms with Gasteiger partial charge >= 0.3 is 12.1 Å². The smallest absolute Gasteiger partial charge is 0.417 e. The molecule has 0 amide bonds. The Balaban J connectivity index is 3.15. The fourth-order valence-corrected chi connectivity index (χ4v) is 1.72. The molecule has 0 fully saturated rings. The zero-order valence-corrected chi connectivity index (χ0v) is 10.8. The Morgan fingerprint density at radius 3 is 2.47 bits per heavy atom. The predicted octanol–water partition coefficient (Wildman–Crippen LogP) is 3.64. The molecule has 0 aliphatic rings. The van der Waals surface area contributed by atoms with E-state index in [1.54, 1.807) is 11.9 Å². The van der Waals surface area contributed by atoms with E-state index in [-0.39, 0.29) is 0 Å². The number of halogens is 3. The number of nitrogens with zero attached hydrogens (tertiary/aromatic N) is 1. The Morgan fingerprint density at radius 2 is 2.00 bits per heavy atom. The Morgan fingerprint density at radius 1 is 1.37 bits per heavy atom. The van der Waals surface area contributed by atoms with E-state index in [0.29, 0.717) is 12.2 Å². The minimum Gasteiger partial charge on any atom is -0.478 e. The fraction of sp³-hybridized carbons (Fsp3) is 0.462. The first-order valence-electron chi connectivity index (χ1n) is 5.93. The largest absolute Gasteiger partial charge is 0.478 e. The molecule has 0 saturated heterocycles. The van der Waals surface area contributed by atoms with Crippen LogP contribution in [0.5, 0.6) is 0 Å². The second-order valence-electron chi connectivity index (χ2n) is 4.31. The molecule has 1 rings (SSSR count). The molecule has 1 aromatic rings. The summed E-state index contributed by atoms with van der Waals surface area (Å²) in [4.78, 5) is 12.5. The maximum Gasteiger partial charge on any atom is 0.417 e. The quantitative estimate of drug-likeness (QED) is 0.891. The summed E-state index contributed by atoms with van der Waals surface area (Å²) < 4.78 is 38.5. The first-order valence-corrected chi connectivity index (χ1v) is 5.93. The van der Waals surface area contributed by atoms with Crippen LogP contribution in [0.2, 0.25) is 0 Å². The second kappa shape index (κ2) is 5.95. The molecule has 106 valence electrons. The molecule has 3 nitrogen and oxygen atoms in total. The van der Waals surface area contributed by atoms with E-state index < -0.39 is 23.3 Å². The molecule has 6 heteroatoms. The summed E-state index contributed by atoms with van der Waals surface area (Å²) in [5.74, 6) is -1.57. The number of rotatable bonds is 5. The van der Waals surface area contributed by atoms with Crippen molar-refractivity contribution in [1.82, 2.24) is 0 Å². The lowest BCUT2D eigenvalue weighted by atomic mass is 10.1.